The average Bonchev–Trinajstić information content (AvgIpc) is 2.99. The van der Waals surface area contributed by atoms with Crippen molar-refractivity contribution < 1.29 is 8.94 Å². The SMILES string of the molecule is Nc1cc(I)cc(-c2nc(-c3ccco3)no2)c1. The van der Waals surface area contributed by atoms with Gasteiger partial charge in [0.2, 0.25) is 5.82 Å². The number of furan rings is 1. The Bertz CT molecular complexity index is 656. The van der Waals surface area contributed by atoms with Crippen LogP contribution >= 0.6 is 22.6 Å². The molecule has 0 radical (unpaired) electrons. The second kappa shape index (κ2) is 4.45. The van der Waals surface area contributed by atoms with Crippen molar-refractivity contribution in [2.75, 3.05) is 5.73 Å². The van der Waals surface area contributed by atoms with Gasteiger partial charge < -0.3 is 14.7 Å². The summed E-state index contributed by atoms with van der Waals surface area (Å²) in [6.45, 7) is 0. The Morgan fingerprint density at radius 2 is 2.11 bits per heavy atom. The quantitative estimate of drug-likeness (QED) is 0.566. The molecule has 0 aliphatic rings. The van der Waals surface area contributed by atoms with Crippen LogP contribution in [0.1, 0.15) is 0 Å². The van der Waals surface area contributed by atoms with E-state index < -0.39 is 0 Å². The summed E-state index contributed by atoms with van der Waals surface area (Å²) in [5.74, 6) is 1.42. The molecule has 2 aromatic heterocycles. The van der Waals surface area contributed by atoms with Gasteiger partial charge in [-0.1, -0.05) is 5.16 Å². The normalized spacial score (nSPS) is 10.7. The minimum absolute atomic E-state index is 0.423. The number of halogens is 1. The van der Waals surface area contributed by atoms with Crippen molar-refractivity contribution in [3.8, 4) is 23.0 Å². The second-order valence-corrected chi connectivity index (χ2v) is 4.92. The second-order valence-electron chi connectivity index (χ2n) is 3.67. The number of nitrogen functional groups attached to an aromatic ring is 1. The summed E-state index contributed by atoms with van der Waals surface area (Å²) in [5, 5.41) is 3.87. The standard InChI is InChI=1S/C12H8IN3O2/c13-8-4-7(5-9(14)6-8)12-15-11(16-18-12)10-2-1-3-17-10/h1-6H,14H2. The zero-order valence-electron chi connectivity index (χ0n) is 9.13. The predicted molar refractivity (Wildman–Crippen MR) is 74.6 cm³/mol. The van der Waals surface area contributed by atoms with Gasteiger partial charge in [0.25, 0.3) is 5.89 Å². The molecule has 2 heterocycles. The third kappa shape index (κ3) is 2.10. The molecule has 18 heavy (non-hydrogen) atoms. The van der Waals surface area contributed by atoms with E-state index in [1.54, 1.807) is 24.5 Å². The number of aromatic nitrogens is 2. The fourth-order valence-corrected chi connectivity index (χ4v) is 2.28. The third-order valence-corrected chi connectivity index (χ3v) is 2.96. The average molecular weight is 353 g/mol. The summed E-state index contributed by atoms with van der Waals surface area (Å²) in [6, 6.07) is 9.14. The van der Waals surface area contributed by atoms with Crippen LogP contribution in [0.2, 0.25) is 0 Å². The van der Waals surface area contributed by atoms with E-state index in [1.807, 2.05) is 12.1 Å². The molecule has 0 amide bonds. The topological polar surface area (TPSA) is 78.1 Å². The van der Waals surface area contributed by atoms with Crippen LogP contribution < -0.4 is 5.73 Å². The van der Waals surface area contributed by atoms with Crippen LogP contribution in [0.3, 0.4) is 0 Å². The minimum Gasteiger partial charge on any atom is -0.461 e. The molecule has 0 saturated heterocycles. The number of anilines is 1. The maximum atomic E-state index is 5.78. The van der Waals surface area contributed by atoms with Gasteiger partial charge in [0.15, 0.2) is 5.76 Å². The highest BCUT2D eigenvalue weighted by molar-refractivity contribution is 14.1. The van der Waals surface area contributed by atoms with Crippen molar-refractivity contribution >= 4 is 28.3 Å². The molecule has 3 aromatic rings. The third-order valence-electron chi connectivity index (χ3n) is 2.33. The van der Waals surface area contributed by atoms with Crippen molar-refractivity contribution in [2.24, 2.45) is 0 Å². The summed E-state index contributed by atoms with van der Waals surface area (Å²) in [4.78, 5) is 4.27. The molecule has 3 rings (SSSR count). The molecule has 2 N–H and O–H groups in total. The lowest BCUT2D eigenvalue weighted by Crippen LogP contribution is -1.88. The van der Waals surface area contributed by atoms with Gasteiger partial charge in [0, 0.05) is 14.8 Å². The number of rotatable bonds is 2. The van der Waals surface area contributed by atoms with E-state index in [0.717, 1.165) is 9.13 Å². The van der Waals surface area contributed by atoms with Crippen LogP contribution in [0.5, 0.6) is 0 Å². The first-order chi connectivity index (χ1) is 8.72. The van der Waals surface area contributed by atoms with Gasteiger partial charge in [-0.3, -0.25) is 0 Å². The number of nitrogens with two attached hydrogens (primary N) is 1. The lowest BCUT2D eigenvalue weighted by molar-refractivity contribution is 0.429. The van der Waals surface area contributed by atoms with E-state index in [9.17, 15) is 0 Å². The smallest absolute Gasteiger partial charge is 0.258 e. The highest BCUT2D eigenvalue weighted by Gasteiger charge is 2.13. The Kier molecular flexibility index (Phi) is 2.78. The highest BCUT2D eigenvalue weighted by atomic mass is 127. The Morgan fingerprint density at radius 1 is 1.22 bits per heavy atom. The molecule has 0 unspecified atom stereocenters. The molecule has 0 atom stereocenters. The fourth-order valence-electron chi connectivity index (χ4n) is 1.58. The highest BCUT2D eigenvalue weighted by Crippen LogP contribution is 2.25. The van der Waals surface area contributed by atoms with Gasteiger partial charge in [-0.2, -0.15) is 4.98 Å². The van der Waals surface area contributed by atoms with Crippen molar-refractivity contribution in [2.45, 2.75) is 0 Å². The number of benzene rings is 1. The lowest BCUT2D eigenvalue weighted by atomic mass is 10.2. The first-order valence-corrected chi connectivity index (χ1v) is 6.24. The van der Waals surface area contributed by atoms with Crippen molar-refractivity contribution in [3.63, 3.8) is 0 Å². The molecule has 0 aliphatic carbocycles. The largest absolute Gasteiger partial charge is 0.461 e. The van der Waals surface area contributed by atoms with Gasteiger partial charge in [0.05, 0.1) is 6.26 Å². The molecule has 0 fully saturated rings. The van der Waals surface area contributed by atoms with E-state index >= 15 is 0 Å². The molecular weight excluding hydrogens is 345 g/mol. The van der Waals surface area contributed by atoms with E-state index in [4.69, 9.17) is 14.7 Å². The monoisotopic (exact) mass is 353 g/mol. The zero-order chi connectivity index (χ0) is 12.5. The van der Waals surface area contributed by atoms with E-state index in [0.29, 0.717) is 23.2 Å². The first-order valence-electron chi connectivity index (χ1n) is 5.16. The summed E-state index contributed by atoms with van der Waals surface area (Å²) in [6.07, 6.45) is 1.56. The van der Waals surface area contributed by atoms with Crippen molar-refractivity contribution in [1.82, 2.24) is 10.1 Å². The van der Waals surface area contributed by atoms with Crippen molar-refractivity contribution in [1.29, 1.82) is 0 Å². The Morgan fingerprint density at radius 3 is 2.83 bits per heavy atom. The van der Waals surface area contributed by atoms with Gasteiger partial charge in [-0.25, -0.2) is 0 Å². The van der Waals surface area contributed by atoms with Gasteiger partial charge in [-0.05, 0) is 52.9 Å². The minimum atomic E-state index is 0.423. The van der Waals surface area contributed by atoms with Gasteiger partial charge in [-0.15, -0.1) is 0 Å². The molecule has 6 heteroatoms. The molecule has 90 valence electrons. The van der Waals surface area contributed by atoms with E-state index in [-0.39, 0.29) is 0 Å². The molecule has 0 aliphatic heterocycles. The molecule has 0 spiro atoms. The maximum absolute atomic E-state index is 5.78. The van der Waals surface area contributed by atoms with Crippen LogP contribution in [0.25, 0.3) is 23.0 Å². The molecule has 5 nitrogen and oxygen atoms in total. The molecule has 0 bridgehead atoms. The van der Waals surface area contributed by atoms with Crippen LogP contribution in [0.15, 0.2) is 45.5 Å². The van der Waals surface area contributed by atoms with Gasteiger partial charge >= 0.3 is 0 Å². The van der Waals surface area contributed by atoms with Crippen LogP contribution in [0, 0.1) is 3.57 Å². The Hall–Kier alpha value is -1.83. The Balaban J connectivity index is 2.03. The first kappa shape index (κ1) is 11.3. The fraction of sp³-hybridized carbons (Fsp3) is 0. The van der Waals surface area contributed by atoms with Crippen LogP contribution in [0.4, 0.5) is 5.69 Å². The number of hydrogen-bond donors (Lipinski definition) is 1. The van der Waals surface area contributed by atoms with Gasteiger partial charge in [0.1, 0.15) is 0 Å². The predicted octanol–water partition coefficient (Wildman–Crippen LogP) is 3.18. The molecule has 0 saturated carbocycles. The van der Waals surface area contributed by atoms with E-state index in [1.165, 1.54) is 0 Å². The van der Waals surface area contributed by atoms with E-state index in [2.05, 4.69) is 32.7 Å². The Labute approximate surface area is 116 Å². The van der Waals surface area contributed by atoms with Crippen LogP contribution in [-0.2, 0) is 0 Å². The number of hydrogen-bond acceptors (Lipinski definition) is 5. The maximum Gasteiger partial charge on any atom is 0.258 e. The summed E-state index contributed by atoms with van der Waals surface area (Å²) in [7, 11) is 0. The van der Waals surface area contributed by atoms with Crippen molar-refractivity contribution in [3.05, 3.63) is 40.2 Å². The summed E-state index contributed by atoms with van der Waals surface area (Å²) >= 11 is 2.19. The lowest BCUT2D eigenvalue weighted by Gasteiger charge is -1.98. The summed E-state index contributed by atoms with van der Waals surface area (Å²) in [5.41, 5.74) is 7.24. The zero-order valence-corrected chi connectivity index (χ0v) is 11.3. The summed E-state index contributed by atoms with van der Waals surface area (Å²) < 4.78 is 11.4. The molecule has 1 aromatic carbocycles. The molecular formula is C12H8IN3O2. The van der Waals surface area contributed by atoms with Crippen LogP contribution in [-0.4, -0.2) is 10.1 Å². The number of nitrogens with zero attached hydrogens (tertiary/aromatic N) is 2.